The molecule has 1 aromatic carbocycles. The normalized spacial score (nSPS) is 12.6. The number of hydrogen-bond donors (Lipinski definition) is 2. The number of nitrogens with zero attached hydrogens (tertiary/aromatic N) is 1. The van der Waals surface area contributed by atoms with Crippen LogP contribution in [-0.2, 0) is 4.79 Å². The lowest BCUT2D eigenvalue weighted by Crippen LogP contribution is -2.20. The molecule has 0 saturated heterocycles. The average molecular weight is 216 g/mol. The van der Waals surface area contributed by atoms with Crippen LogP contribution < -0.4 is 5.73 Å². The highest BCUT2D eigenvalue weighted by Gasteiger charge is 2.14. The van der Waals surface area contributed by atoms with Gasteiger partial charge >= 0.3 is 5.97 Å². The predicted molar refractivity (Wildman–Crippen MR) is 61.0 cm³/mol. The zero-order chi connectivity index (χ0) is 11.7. The molecule has 4 nitrogen and oxygen atoms in total. The summed E-state index contributed by atoms with van der Waals surface area (Å²) in [7, 11) is 0. The van der Waals surface area contributed by atoms with Crippen LogP contribution in [0, 0.1) is 6.92 Å². The van der Waals surface area contributed by atoms with Crippen molar-refractivity contribution in [1.29, 1.82) is 0 Å². The number of nitrogens with two attached hydrogens (primary N) is 1. The van der Waals surface area contributed by atoms with Crippen LogP contribution in [0.4, 0.5) is 0 Å². The maximum atomic E-state index is 10.8. The lowest BCUT2D eigenvalue weighted by atomic mass is 10.0. The van der Waals surface area contributed by atoms with Crippen LogP contribution >= 0.6 is 0 Å². The number of carboxylic acids is 1. The monoisotopic (exact) mass is 216 g/mol. The van der Waals surface area contributed by atoms with E-state index in [-0.39, 0.29) is 0 Å². The molecule has 0 aliphatic heterocycles. The number of rotatable bonds is 2. The topological polar surface area (TPSA) is 76.2 Å². The van der Waals surface area contributed by atoms with Crippen molar-refractivity contribution in [3.63, 3.8) is 0 Å². The standard InChI is InChI=1S/C12H12N2O2/c1-7-10-3-2-9(11(13)12(15)16)6-8(10)4-5-14-7/h2-6,11H,13H2,1H3,(H,15,16). The van der Waals surface area contributed by atoms with Gasteiger partial charge < -0.3 is 10.8 Å². The molecule has 1 unspecified atom stereocenters. The molecule has 1 heterocycles. The number of pyridine rings is 1. The molecule has 0 spiro atoms. The van der Waals surface area contributed by atoms with E-state index in [1.165, 1.54) is 0 Å². The van der Waals surface area contributed by atoms with Gasteiger partial charge in [-0.2, -0.15) is 0 Å². The highest BCUT2D eigenvalue weighted by atomic mass is 16.4. The predicted octanol–water partition coefficient (Wildman–Crippen LogP) is 1.63. The van der Waals surface area contributed by atoms with E-state index in [0.717, 1.165) is 16.5 Å². The van der Waals surface area contributed by atoms with Crippen molar-refractivity contribution < 1.29 is 9.90 Å². The van der Waals surface area contributed by atoms with Crippen molar-refractivity contribution in [3.05, 3.63) is 41.7 Å². The quantitative estimate of drug-likeness (QED) is 0.799. The largest absolute Gasteiger partial charge is 0.480 e. The first-order valence-electron chi connectivity index (χ1n) is 4.93. The third-order valence-electron chi connectivity index (χ3n) is 2.61. The van der Waals surface area contributed by atoms with Gasteiger partial charge in [-0.1, -0.05) is 12.1 Å². The Morgan fingerprint density at radius 3 is 2.88 bits per heavy atom. The summed E-state index contributed by atoms with van der Waals surface area (Å²) in [5.41, 5.74) is 7.08. The van der Waals surface area contributed by atoms with Crippen LogP contribution in [-0.4, -0.2) is 16.1 Å². The summed E-state index contributed by atoms with van der Waals surface area (Å²) in [6.07, 6.45) is 1.70. The maximum Gasteiger partial charge on any atom is 0.325 e. The van der Waals surface area contributed by atoms with Crippen LogP contribution in [0.25, 0.3) is 10.8 Å². The summed E-state index contributed by atoms with van der Waals surface area (Å²) in [5.74, 6) is -1.02. The Morgan fingerprint density at radius 1 is 1.44 bits per heavy atom. The van der Waals surface area contributed by atoms with E-state index in [9.17, 15) is 4.79 Å². The van der Waals surface area contributed by atoms with Crippen molar-refractivity contribution in [2.45, 2.75) is 13.0 Å². The molecule has 0 saturated carbocycles. The first-order chi connectivity index (χ1) is 7.59. The fourth-order valence-corrected chi connectivity index (χ4v) is 1.68. The summed E-state index contributed by atoms with van der Waals surface area (Å²) in [5, 5.41) is 10.8. The first kappa shape index (κ1) is 10.6. The van der Waals surface area contributed by atoms with E-state index >= 15 is 0 Å². The Balaban J connectivity index is 2.57. The van der Waals surface area contributed by atoms with Crippen molar-refractivity contribution in [1.82, 2.24) is 4.98 Å². The van der Waals surface area contributed by atoms with Crippen LogP contribution in [0.15, 0.2) is 30.5 Å². The van der Waals surface area contributed by atoms with Crippen LogP contribution in [0.1, 0.15) is 17.3 Å². The van der Waals surface area contributed by atoms with Crippen LogP contribution in [0.5, 0.6) is 0 Å². The minimum atomic E-state index is -1.02. The highest BCUT2D eigenvalue weighted by molar-refractivity contribution is 5.86. The summed E-state index contributed by atoms with van der Waals surface area (Å²) in [6, 6.07) is 6.26. The number of benzene rings is 1. The lowest BCUT2D eigenvalue weighted by molar-refractivity contribution is -0.138. The second-order valence-corrected chi connectivity index (χ2v) is 3.69. The fourth-order valence-electron chi connectivity index (χ4n) is 1.68. The molecule has 0 aliphatic rings. The number of carbonyl (C=O) groups is 1. The van der Waals surface area contributed by atoms with Gasteiger partial charge in [0.15, 0.2) is 0 Å². The van der Waals surface area contributed by atoms with Crippen molar-refractivity contribution in [2.75, 3.05) is 0 Å². The number of aryl methyl sites for hydroxylation is 1. The maximum absolute atomic E-state index is 10.8. The van der Waals surface area contributed by atoms with E-state index in [1.807, 2.05) is 19.1 Å². The number of fused-ring (bicyclic) bond motifs is 1. The second-order valence-electron chi connectivity index (χ2n) is 3.69. The van der Waals surface area contributed by atoms with Crippen molar-refractivity contribution in [2.24, 2.45) is 5.73 Å². The van der Waals surface area contributed by atoms with Gasteiger partial charge in [-0.05, 0) is 30.0 Å². The zero-order valence-electron chi connectivity index (χ0n) is 8.84. The number of hydrogen-bond acceptors (Lipinski definition) is 3. The van der Waals surface area contributed by atoms with Gasteiger partial charge in [0.25, 0.3) is 0 Å². The molecule has 4 heteroatoms. The van der Waals surface area contributed by atoms with Crippen LogP contribution in [0.3, 0.4) is 0 Å². The van der Waals surface area contributed by atoms with Gasteiger partial charge in [0.2, 0.25) is 0 Å². The number of carboxylic acid groups (broad SMARTS) is 1. The molecule has 2 rings (SSSR count). The molecular formula is C12H12N2O2. The Hall–Kier alpha value is -1.94. The van der Waals surface area contributed by atoms with Gasteiger partial charge in [0, 0.05) is 17.3 Å². The van der Waals surface area contributed by atoms with Gasteiger partial charge in [-0.25, -0.2) is 0 Å². The average Bonchev–Trinajstić information content (AvgIpc) is 2.28. The third kappa shape index (κ3) is 1.75. The molecule has 0 fully saturated rings. The molecule has 16 heavy (non-hydrogen) atoms. The number of aliphatic carboxylic acids is 1. The van der Waals surface area contributed by atoms with E-state index < -0.39 is 12.0 Å². The highest BCUT2D eigenvalue weighted by Crippen LogP contribution is 2.20. The molecule has 82 valence electrons. The summed E-state index contributed by atoms with van der Waals surface area (Å²) >= 11 is 0. The zero-order valence-corrected chi connectivity index (χ0v) is 8.84. The summed E-state index contributed by atoms with van der Waals surface area (Å²) < 4.78 is 0. The van der Waals surface area contributed by atoms with Crippen molar-refractivity contribution in [3.8, 4) is 0 Å². The Morgan fingerprint density at radius 2 is 2.19 bits per heavy atom. The van der Waals surface area contributed by atoms with E-state index in [2.05, 4.69) is 4.98 Å². The first-order valence-corrected chi connectivity index (χ1v) is 4.93. The molecule has 1 aromatic heterocycles. The molecule has 1 atom stereocenters. The lowest BCUT2D eigenvalue weighted by Gasteiger charge is -2.08. The van der Waals surface area contributed by atoms with Gasteiger partial charge in [0.1, 0.15) is 6.04 Å². The van der Waals surface area contributed by atoms with Crippen LogP contribution in [0.2, 0.25) is 0 Å². The molecule has 0 radical (unpaired) electrons. The molecule has 3 N–H and O–H groups in total. The van der Waals surface area contributed by atoms with Gasteiger partial charge in [-0.15, -0.1) is 0 Å². The smallest absolute Gasteiger partial charge is 0.325 e. The minimum Gasteiger partial charge on any atom is -0.480 e. The fraction of sp³-hybridized carbons (Fsp3) is 0.167. The molecule has 2 aromatic rings. The SMILES string of the molecule is Cc1nccc2cc(C(N)C(=O)O)ccc12. The van der Waals surface area contributed by atoms with E-state index in [1.54, 1.807) is 18.3 Å². The molecule has 0 aliphatic carbocycles. The second kappa shape index (κ2) is 3.90. The van der Waals surface area contributed by atoms with Gasteiger partial charge in [0.05, 0.1) is 0 Å². The summed E-state index contributed by atoms with van der Waals surface area (Å²) in [4.78, 5) is 14.9. The minimum absolute atomic E-state index is 0.602. The Kier molecular flexibility index (Phi) is 2.58. The van der Waals surface area contributed by atoms with E-state index in [0.29, 0.717) is 5.56 Å². The third-order valence-corrected chi connectivity index (χ3v) is 2.61. The van der Waals surface area contributed by atoms with Crippen molar-refractivity contribution >= 4 is 16.7 Å². The Labute approximate surface area is 92.7 Å². The summed E-state index contributed by atoms with van der Waals surface area (Å²) in [6.45, 7) is 1.92. The number of aromatic nitrogens is 1. The Bertz CT molecular complexity index is 552. The molecule has 0 amide bonds. The molecule has 0 bridgehead atoms. The van der Waals surface area contributed by atoms with Gasteiger partial charge in [-0.3, -0.25) is 9.78 Å². The van der Waals surface area contributed by atoms with E-state index in [4.69, 9.17) is 10.8 Å². The molecular weight excluding hydrogens is 204 g/mol.